The quantitative estimate of drug-likeness (QED) is 0.632. The van der Waals surface area contributed by atoms with Crippen LogP contribution in [0.5, 0.6) is 0 Å². The Balaban J connectivity index is 0. The summed E-state index contributed by atoms with van der Waals surface area (Å²) >= 11 is 0. The molecule has 1 saturated heterocycles. The van der Waals surface area contributed by atoms with E-state index in [0.717, 1.165) is 6.04 Å². The summed E-state index contributed by atoms with van der Waals surface area (Å²) in [5, 5.41) is 0. The van der Waals surface area contributed by atoms with Crippen molar-refractivity contribution in [3.05, 3.63) is 0 Å². The smallest absolute Gasteiger partial charge is 0.00922 e. The van der Waals surface area contributed by atoms with Crippen molar-refractivity contribution in [2.24, 2.45) is 0 Å². The Morgan fingerprint density at radius 3 is 2.17 bits per heavy atom. The molecule has 1 aliphatic heterocycles. The van der Waals surface area contributed by atoms with E-state index in [1.807, 2.05) is 27.7 Å². The molecule has 1 fully saturated rings. The molecule has 0 spiro atoms. The number of hydrogen-bond acceptors (Lipinski definition) is 1. The van der Waals surface area contributed by atoms with Crippen LogP contribution in [0.25, 0.3) is 0 Å². The third-order valence-corrected chi connectivity index (χ3v) is 3.31. The van der Waals surface area contributed by atoms with Crippen molar-refractivity contribution in [3.63, 3.8) is 0 Å². The summed E-state index contributed by atoms with van der Waals surface area (Å²) in [7, 11) is 2.30. The second kappa shape index (κ2) is 16.5. The minimum atomic E-state index is 0.896. The Kier molecular flexibility index (Phi) is 18.2. The zero-order chi connectivity index (χ0) is 14.2. The van der Waals surface area contributed by atoms with Gasteiger partial charge in [0, 0.05) is 6.04 Å². The molecule has 0 aromatic rings. The van der Waals surface area contributed by atoms with Crippen LogP contribution in [0.3, 0.4) is 0 Å². The van der Waals surface area contributed by atoms with Crippen molar-refractivity contribution >= 4 is 0 Å². The SMILES string of the molecule is CC.CC#CC.CCCCC1CCCCCN1C. The first-order chi connectivity index (χ1) is 8.76. The number of nitrogens with zero attached hydrogens (tertiary/aromatic N) is 1. The van der Waals surface area contributed by atoms with Crippen LogP contribution in [0.1, 0.15) is 79.6 Å². The molecule has 1 unspecified atom stereocenters. The van der Waals surface area contributed by atoms with Gasteiger partial charge in [0.15, 0.2) is 0 Å². The standard InChI is InChI=1S/C11H23N.C4H6.C2H6/c1-3-4-8-11-9-6-5-7-10-12(11)2;1-3-4-2;1-2/h11H,3-10H2,1-2H3;1-2H3;1-2H3. The number of rotatable bonds is 3. The lowest BCUT2D eigenvalue weighted by molar-refractivity contribution is 0.231. The van der Waals surface area contributed by atoms with E-state index in [9.17, 15) is 0 Å². The van der Waals surface area contributed by atoms with Crippen LogP contribution in [0.2, 0.25) is 0 Å². The molecule has 1 heteroatoms. The second-order valence-electron chi connectivity index (χ2n) is 4.63. The van der Waals surface area contributed by atoms with E-state index in [-0.39, 0.29) is 0 Å². The van der Waals surface area contributed by atoms with Gasteiger partial charge in [0.05, 0.1) is 0 Å². The van der Waals surface area contributed by atoms with E-state index in [0.29, 0.717) is 0 Å². The fourth-order valence-electron chi connectivity index (χ4n) is 2.13. The molecule has 108 valence electrons. The van der Waals surface area contributed by atoms with Gasteiger partial charge in [0.2, 0.25) is 0 Å². The number of likely N-dealkylation sites (tertiary alicyclic amines) is 1. The van der Waals surface area contributed by atoms with Crippen LogP contribution in [0, 0.1) is 11.8 Å². The van der Waals surface area contributed by atoms with Gasteiger partial charge in [-0.05, 0) is 46.7 Å². The van der Waals surface area contributed by atoms with Crippen LogP contribution in [0.15, 0.2) is 0 Å². The summed E-state index contributed by atoms with van der Waals surface area (Å²) in [4.78, 5) is 2.57. The first kappa shape index (κ1) is 19.9. The summed E-state index contributed by atoms with van der Waals surface area (Å²) in [5.74, 6) is 5.36. The number of hydrogen-bond donors (Lipinski definition) is 0. The first-order valence-electron chi connectivity index (χ1n) is 7.80. The second-order valence-corrected chi connectivity index (χ2v) is 4.63. The topological polar surface area (TPSA) is 3.24 Å². The lowest BCUT2D eigenvalue weighted by Gasteiger charge is -2.25. The Hall–Kier alpha value is -0.480. The van der Waals surface area contributed by atoms with Crippen molar-refractivity contribution in [2.45, 2.75) is 85.6 Å². The molecule has 18 heavy (non-hydrogen) atoms. The van der Waals surface area contributed by atoms with Gasteiger partial charge in [0.25, 0.3) is 0 Å². The van der Waals surface area contributed by atoms with E-state index in [1.165, 1.54) is 51.5 Å². The Morgan fingerprint density at radius 2 is 1.67 bits per heavy atom. The van der Waals surface area contributed by atoms with E-state index >= 15 is 0 Å². The minimum absolute atomic E-state index is 0.896. The summed E-state index contributed by atoms with van der Waals surface area (Å²) in [6, 6.07) is 0.896. The monoisotopic (exact) mass is 253 g/mol. The van der Waals surface area contributed by atoms with Crippen LogP contribution in [-0.2, 0) is 0 Å². The first-order valence-corrected chi connectivity index (χ1v) is 7.80. The van der Waals surface area contributed by atoms with Crippen LogP contribution in [-0.4, -0.2) is 24.5 Å². The molecule has 0 bridgehead atoms. The fourth-order valence-corrected chi connectivity index (χ4v) is 2.13. The molecule has 0 amide bonds. The van der Waals surface area contributed by atoms with Crippen molar-refractivity contribution in [2.75, 3.05) is 13.6 Å². The van der Waals surface area contributed by atoms with Gasteiger partial charge in [0.1, 0.15) is 0 Å². The summed E-state index contributed by atoms with van der Waals surface area (Å²) in [6.45, 7) is 11.3. The molecule has 0 radical (unpaired) electrons. The zero-order valence-electron chi connectivity index (χ0n) is 13.7. The van der Waals surface area contributed by atoms with Crippen molar-refractivity contribution in [1.82, 2.24) is 4.90 Å². The third-order valence-electron chi connectivity index (χ3n) is 3.31. The highest BCUT2D eigenvalue weighted by Gasteiger charge is 2.15. The predicted octanol–water partition coefficient (Wildman–Crippen LogP) is 5.11. The third kappa shape index (κ3) is 12.0. The van der Waals surface area contributed by atoms with Gasteiger partial charge < -0.3 is 4.90 Å². The largest absolute Gasteiger partial charge is 0.303 e. The van der Waals surface area contributed by atoms with Crippen LogP contribution >= 0.6 is 0 Å². The maximum absolute atomic E-state index is 2.68. The van der Waals surface area contributed by atoms with Crippen LogP contribution in [0.4, 0.5) is 0 Å². The average molecular weight is 253 g/mol. The van der Waals surface area contributed by atoms with Gasteiger partial charge in [-0.2, -0.15) is 0 Å². The van der Waals surface area contributed by atoms with E-state index in [4.69, 9.17) is 0 Å². The highest BCUT2D eigenvalue weighted by Crippen LogP contribution is 2.19. The van der Waals surface area contributed by atoms with Gasteiger partial charge in [-0.1, -0.05) is 46.5 Å². The van der Waals surface area contributed by atoms with Gasteiger partial charge >= 0.3 is 0 Å². The van der Waals surface area contributed by atoms with Gasteiger partial charge in [-0.3, -0.25) is 0 Å². The molecule has 1 nitrogen and oxygen atoms in total. The highest BCUT2D eigenvalue weighted by molar-refractivity contribution is 4.89. The molecule has 0 aromatic heterocycles. The van der Waals surface area contributed by atoms with Crippen LogP contribution < -0.4 is 0 Å². The van der Waals surface area contributed by atoms with Gasteiger partial charge in [-0.25, -0.2) is 0 Å². The molecule has 1 atom stereocenters. The lowest BCUT2D eigenvalue weighted by Crippen LogP contribution is -2.30. The fraction of sp³-hybridized carbons (Fsp3) is 0.882. The van der Waals surface area contributed by atoms with E-state index in [2.05, 4.69) is 30.7 Å². The van der Waals surface area contributed by atoms with E-state index in [1.54, 1.807) is 0 Å². The molecule has 0 saturated carbocycles. The Bertz CT molecular complexity index is 193. The Labute approximate surface area is 116 Å². The average Bonchev–Trinajstić information content (AvgIpc) is 2.64. The molecule has 1 aliphatic rings. The van der Waals surface area contributed by atoms with Crippen molar-refractivity contribution in [1.29, 1.82) is 0 Å². The molecular formula is C17H35N. The van der Waals surface area contributed by atoms with Gasteiger partial charge in [-0.15, -0.1) is 11.8 Å². The molecule has 1 rings (SSSR count). The normalized spacial score (nSPS) is 19.1. The molecule has 0 N–H and O–H groups in total. The lowest BCUT2D eigenvalue weighted by atomic mass is 10.0. The van der Waals surface area contributed by atoms with Crippen molar-refractivity contribution < 1.29 is 0 Å². The van der Waals surface area contributed by atoms with Crippen molar-refractivity contribution in [3.8, 4) is 11.8 Å². The molecule has 1 heterocycles. The zero-order valence-corrected chi connectivity index (χ0v) is 13.7. The summed E-state index contributed by atoms with van der Waals surface area (Å²) < 4.78 is 0. The number of unbranched alkanes of at least 4 members (excludes halogenated alkanes) is 1. The summed E-state index contributed by atoms with van der Waals surface area (Å²) in [6.07, 6.45) is 9.95. The molecular weight excluding hydrogens is 218 g/mol. The maximum atomic E-state index is 2.68. The maximum Gasteiger partial charge on any atom is 0.00922 e. The molecule has 0 aromatic carbocycles. The minimum Gasteiger partial charge on any atom is -0.303 e. The summed E-state index contributed by atoms with van der Waals surface area (Å²) in [5.41, 5.74) is 0. The molecule has 0 aliphatic carbocycles. The van der Waals surface area contributed by atoms with E-state index < -0.39 is 0 Å². The highest BCUT2D eigenvalue weighted by atomic mass is 15.1. The predicted molar refractivity (Wildman–Crippen MR) is 84.9 cm³/mol. The Morgan fingerprint density at radius 1 is 1.06 bits per heavy atom.